The van der Waals surface area contributed by atoms with Gasteiger partial charge in [0.15, 0.2) is 0 Å². The molecule has 0 aliphatic rings. The van der Waals surface area contributed by atoms with E-state index in [-0.39, 0.29) is 23.7 Å². The molecule has 0 fully saturated rings. The number of rotatable bonds is 2. The molecule has 120 valence electrons. The zero-order valence-electron chi connectivity index (χ0n) is 12.3. The van der Waals surface area contributed by atoms with Gasteiger partial charge in [0.05, 0.1) is 11.6 Å². The molecule has 0 unspecified atom stereocenters. The predicted octanol–water partition coefficient (Wildman–Crippen LogP) is 3.75. The summed E-state index contributed by atoms with van der Waals surface area (Å²) in [7, 11) is 0. The fraction of sp³-hybridized carbons (Fsp3) is 0.500. The molecular formula is C14H20ClF3N2O. The normalized spacial score (nSPS) is 13.3. The van der Waals surface area contributed by atoms with E-state index in [0.29, 0.717) is 0 Å². The van der Waals surface area contributed by atoms with Gasteiger partial charge in [-0.25, -0.2) is 0 Å². The number of alkyl halides is 3. The monoisotopic (exact) mass is 324 g/mol. The molecule has 0 saturated heterocycles. The fourth-order valence-electron chi connectivity index (χ4n) is 1.68. The van der Waals surface area contributed by atoms with Crippen molar-refractivity contribution in [1.29, 1.82) is 0 Å². The molecule has 0 saturated carbocycles. The first-order valence-electron chi connectivity index (χ1n) is 6.18. The lowest BCUT2D eigenvalue weighted by atomic mass is 9.87. The lowest BCUT2D eigenvalue weighted by molar-refractivity contribution is -0.138. The van der Waals surface area contributed by atoms with E-state index in [0.717, 1.165) is 6.07 Å². The van der Waals surface area contributed by atoms with Crippen molar-refractivity contribution in [2.45, 2.75) is 39.9 Å². The van der Waals surface area contributed by atoms with Gasteiger partial charge in [0.2, 0.25) is 5.91 Å². The third-order valence-corrected chi connectivity index (χ3v) is 3.11. The average Bonchev–Trinajstić information content (AvgIpc) is 2.28. The molecule has 3 N–H and O–H groups in total. The summed E-state index contributed by atoms with van der Waals surface area (Å²) in [6.45, 7) is 6.68. The standard InChI is InChI=1S/C14H19F3N2O.ClH/c1-8-9(14(15,16)17)6-5-7-10(8)19-12(20)11(18)13(2,3)4;/h5-7,11H,18H2,1-4H3,(H,19,20);1H/t11-;/m1./s1. The Balaban J connectivity index is 0.00000400. The van der Waals surface area contributed by atoms with E-state index < -0.39 is 29.1 Å². The zero-order valence-corrected chi connectivity index (χ0v) is 13.2. The summed E-state index contributed by atoms with van der Waals surface area (Å²) in [4.78, 5) is 12.0. The molecule has 7 heteroatoms. The highest BCUT2D eigenvalue weighted by molar-refractivity contribution is 5.96. The van der Waals surface area contributed by atoms with Gasteiger partial charge in [-0.15, -0.1) is 12.4 Å². The van der Waals surface area contributed by atoms with Crippen molar-refractivity contribution in [3.05, 3.63) is 29.3 Å². The van der Waals surface area contributed by atoms with Crippen molar-refractivity contribution in [2.75, 3.05) is 5.32 Å². The van der Waals surface area contributed by atoms with E-state index >= 15 is 0 Å². The second kappa shape index (κ2) is 6.66. The molecule has 0 spiro atoms. The largest absolute Gasteiger partial charge is 0.416 e. The predicted molar refractivity (Wildman–Crippen MR) is 79.5 cm³/mol. The van der Waals surface area contributed by atoms with Crippen LogP contribution in [0.4, 0.5) is 18.9 Å². The Morgan fingerprint density at radius 3 is 2.19 bits per heavy atom. The Labute approximate surface area is 128 Å². The highest BCUT2D eigenvalue weighted by Gasteiger charge is 2.33. The number of hydrogen-bond acceptors (Lipinski definition) is 2. The van der Waals surface area contributed by atoms with E-state index in [1.807, 2.05) is 0 Å². The van der Waals surface area contributed by atoms with E-state index in [1.165, 1.54) is 19.1 Å². The third-order valence-electron chi connectivity index (χ3n) is 3.11. The van der Waals surface area contributed by atoms with Gasteiger partial charge in [-0.1, -0.05) is 26.8 Å². The molecule has 0 aromatic heterocycles. The molecule has 0 bridgehead atoms. The maximum atomic E-state index is 12.8. The summed E-state index contributed by atoms with van der Waals surface area (Å²) in [5.74, 6) is -0.500. The van der Waals surface area contributed by atoms with Crippen molar-refractivity contribution in [3.8, 4) is 0 Å². The lowest BCUT2D eigenvalue weighted by Gasteiger charge is -2.26. The Morgan fingerprint density at radius 2 is 1.76 bits per heavy atom. The molecule has 0 heterocycles. The maximum Gasteiger partial charge on any atom is 0.416 e. The molecular weight excluding hydrogens is 305 g/mol. The first-order chi connectivity index (χ1) is 8.94. The molecule has 0 aliphatic heterocycles. The molecule has 0 aliphatic carbocycles. The van der Waals surface area contributed by atoms with Crippen molar-refractivity contribution in [3.63, 3.8) is 0 Å². The minimum Gasteiger partial charge on any atom is -0.324 e. The van der Waals surface area contributed by atoms with Crippen LogP contribution in [0.3, 0.4) is 0 Å². The van der Waals surface area contributed by atoms with Gasteiger partial charge in [0.25, 0.3) is 0 Å². The van der Waals surface area contributed by atoms with Gasteiger partial charge in [0.1, 0.15) is 0 Å². The summed E-state index contributed by atoms with van der Waals surface area (Å²) < 4.78 is 38.3. The topological polar surface area (TPSA) is 55.1 Å². The molecule has 1 aromatic rings. The molecule has 1 rings (SSSR count). The van der Waals surface area contributed by atoms with Gasteiger partial charge in [-0.2, -0.15) is 13.2 Å². The summed E-state index contributed by atoms with van der Waals surface area (Å²) >= 11 is 0. The highest BCUT2D eigenvalue weighted by Crippen LogP contribution is 2.34. The second-order valence-electron chi connectivity index (χ2n) is 5.81. The maximum absolute atomic E-state index is 12.8. The van der Waals surface area contributed by atoms with Gasteiger partial charge in [-0.05, 0) is 30.0 Å². The van der Waals surface area contributed by atoms with Crippen LogP contribution in [0.2, 0.25) is 0 Å². The number of amides is 1. The Kier molecular flexibility index (Phi) is 6.26. The molecule has 21 heavy (non-hydrogen) atoms. The number of halogens is 4. The van der Waals surface area contributed by atoms with Crippen LogP contribution in [-0.2, 0) is 11.0 Å². The van der Waals surface area contributed by atoms with Crippen molar-refractivity contribution in [2.24, 2.45) is 11.1 Å². The van der Waals surface area contributed by atoms with Crippen molar-refractivity contribution < 1.29 is 18.0 Å². The minimum atomic E-state index is -4.45. The first-order valence-corrected chi connectivity index (χ1v) is 6.18. The number of nitrogens with one attached hydrogen (secondary N) is 1. The average molecular weight is 325 g/mol. The van der Waals surface area contributed by atoms with E-state index in [1.54, 1.807) is 20.8 Å². The second-order valence-corrected chi connectivity index (χ2v) is 5.81. The number of carbonyl (C=O) groups excluding carboxylic acids is 1. The highest BCUT2D eigenvalue weighted by atomic mass is 35.5. The van der Waals surface area contributed by atoms with E-state index in [9.17, 15) is 18.0 Å². The molecule has 3 nitrogen and oxygen atoms in total. The molecule has 1 aromatic carbocycles. The van der Waals surface area contributed by atoms with Crippen LogP contribution in [0.15, 0.2) is 18.2 Å². The molecule has 1 atom stereocenters. The SMILES string of the molecule is Cc1c(NC(=O)[C@@H](N)C(C)(C)C)cccc1C(F)(F)F.Cl. The fourth-order valence-corrected chi connectivity index (χ4v) is 1.68. The number of anilines is 1. The lowest BCUT2D eigenvalue weighted by Crippen LogP contribution is -2.45. The molecule has 1 amide bonds. The van der Waals surface area contributed by atoms with Crippen LogP contribution >= 0.6 is 12.4 Å². The van der Waals surface area contributed by atoms with Crippen LogP contribution in [0, 0.1) is 12.3 Å². The van der Waals surface area contributed by atoms with Gasteiger partial charge in [0, 0.05) is 5.69 Å². The number of benzene rings is 1. The summed E-state index contributed by atoms with van der Waals surface area (Å²) in [6.07, 6.45) is -4.45. The third kappa shape index (κ3) is 4.89. The van der Waals surface area contributed by atoms with Crippen LogP contribution in [0.5, 0.6) is 0 Å². The van der Waals surface area contributed by atoms with Crippen molar-refractivity contribution >= 4 is 24.0 Å². The van der Waals surface area contributed by atoms with Gasteiger partial charge >= 0.3 is 6.18 Å². The molecule has 0 radical (unpaired) electrons. The van der Waals surface area contributed by atoms with Gasteiger partial charge in [-0.3, -0.25) is 4.79 Å². The Hall–Kier alpha value is -1.27. The number of carbonyl (C=O) groups is 1. The van der Waals surface area contributed by atoms with Crippen molar-refractivity contribution in [1.82, 2.24) is 0 Å². The minimum absolute atomic E-state index is 0. The van der Waals surface area contributed by atoms with Crippen LogP contribution in [0.1, 0.15) is 31.9 Å². The summed E-state index contributed by atoms with van der Waals surface area (Å²) in [5, 5.41) is 2.47. The van der Waals surface area contributed by atoms with Crippen LogP contribution in [-0.4, -0.2) is 11.9 Å². The van der Waals surface area contributed by atoms with E-state index in [2.05, 4.69) is 5.32 Å². The summed E-state index contributed by atoms with van der Waals surface area (Å²) in [5.41, 5.74) is 4.66. The van der Waals surface area contributed by atoms with Crippen LogP contribution < -0.4 is 11.1 Å². The Morgan fingerprint density at radius 1 is 1.24 bits per heavy atom. The Bertz CT molecular complexity index is 510. The van der Waals surface area contributed by atoms with Crippen LogP contribution in [0.25, 0.3) is 0 Å². The first kappa shape index (κ1) is 19.7. The zero-order chi connectivity index (χ0) is 15.7. The number of hydrogen-bond donors (Lipinski definition) is 2. The quantitative estimate of drug-likeness (QED) is 0.870. The van der Waals surface area contributed by atoms with E-state index in [4.69, 9.17) is 5.73 Å². The smallest absolute Gasteiger partial charge is 0.324 e. The van der Waals surface area contributed by atoms with Gasteiger partial charge < -0.3 is 11.1 Å². The number of nitrogens with two attached hydrogens (primary N) is 1. The summed E-state index contributed by atoms with van der Waals surface area (Å²) in [6, 6.07) is 2.86.